The molecule has 1 aliphatic heterocycles. The molecule has 444 valence electrons. The summed E-state index contributed by atoms with van der Waals surface area (Å²) in [5.74, 6) is -1.21. The molecule has 0 saturated carbocycles. The second-order valence-corrected chi connectivity index (χ2v) is 21.5. The van der Waals surface area contributed by atoms with Crippen molar-refractivity contribution in [1.82, 2.24) is 5.32 Å². The van der Waals surface area contributed by atoms with Gasteiger partial charge in [-0.05, 0) is 83.5 Å². The molecular weight excluding hydrogens is 967 g/mol. The van der Waals surface area contributed by atoms with Crippen LogP contribution in [0.1, 0.15) is 258 Å². The van der Waals surface area contributed by atoms with Crippen LogP contribution < -0.4 is 5.32 Å². The van der Waals surface area contributed by atoms with Gasteiger partial charge in [-0.2, -0.15) is 0 Å². The van der Waals surface area contributed by atoms with Gasteiger partial charge < -0.3 is 45.1 Å². The van der Waals surface area contributed by atoms with Gasteiger partial charge in [0.15, 0.2) is 12.4 Å². The van der Waals surface area contributed by atoms with Crippen LogP contribution in [0.15, 0.2) is 85.1 Å². The first kappa shape index (κ1) is 71.9. The number of carbonyl (C=O) groups excluding carboxylic acids is 2. The molecule has 0 aromatic heterocycles. The van der Waals surface area contributed by atoms with Gasteiger partial charge in [0.05, 0.1) is 25.4 Å². The van der Waals surface area contributed by atoms with Crippen LogP contribution in [0.2, 0.25) is 0 Å². The summed E-state index contributed by atoms with van der Waals surface area (Å²) in [5, 5.41) is 57.0. The molecule has 1 fully saturated rings. The molecule has 0 bridgehead atoms. The summed E-state index contributed by atoms with van der Waals surface area (Å²) in [7, 11) is 0. The van der Waals surface area contributed by atoms with Crippen LogP contribution in [0.5, 0.6) is 0 Å². The van der Waals surface area contributed by atoms with E-state index in [4.69, 9.17) is 14.2 Å². The van der Waals surface area contributed by atoms with Gasteiger partial charge in [-0.15, -0.1) is 0 Å². The van der Waals surface area contributed by atoms with Gasteiger partial charge in [-0.3, -0.25) is 9.59 Å². The fourth-order valence-corrected chi connectivity index (χ4v) is 9.36. The van der Waals surface area contributed by atoms with E-state index < -0.39 is 67.4 Å². The number of aliphatic hydroxyl groups is 5. The monoisotopic (exact) mass is 1080 g/mol. The Morgan fingerprint density at radius 2 is 0.987 bits per heavy atom. The highest BCUT2D eigenvalue weighted by atomic mass is 16.7. The standard InChI is InChI=1S/C66H115NO10/c1-4-7-10-13-16-19-22-24-26-27-28-29-30-31-32-34-35-38-41-44-47-50-53-59(70)65(74)67-57(58(69)52-49-46-43-40-37-21-18-15-12-9-6-3)56-75-66-64(63(73)62(72)60(55-68)76-66)77-61(71)54-51-48-45-42-39-36-33-25-23-20-17-14-11-8-5-2/h8,11,14,16-17,19-20,23-24,26,28-29,49,52,57-60,62-64,66,68-70,72-73H,4-7,9-10,12-13,15,18,21-22,25,27,30-48,50-51,53-56H2,1-3H3,(H,67,74)/b11-8+,17-14+,19-16-,23-20+,26-24-,29-28-,52-49+. The third-order valence-corrected chi connectivity index (χ3v) is 14.3. The maximum absolute atomic E-state index is 13.4. The molecule has 8 atom stereocenters. The van der Waals surface area contributed by atoms with Crippen molar-refractivity contribution in [2.45, 2.75) is 307 Å². The van der Waals surface area contributed by atoms with E-state index in [1.807, 2.05) is 12.2 Å². The summed E-state index contributed by atoms with van der Waals surface area (Å²) < 4.78 is 17.6. The number of hydrogen-bond acceptors (Lipinski definition) is 10. The molecule has 1 heterocycles. The molecule has 1 rings (SSSR count). The Kier molecular flexibility index (Phi) is 49.9. The topological polar surface area (TPSA) is 175 Å². The Labute approximate surface area is 470 Å². The lowest BCUT2D eigenvalue weighted by Crippen LogP contribution is -2.61. The summed E-state index contributed by atoms with van der Waals surface area (Å²) >= 11 is 0. The van der Waals surface area contributed by atoms with Crippen LogP contribution in [0.3, 0.4) is 0 Å². The Balaban J connectivity index is 2.65. The molecule has 77 heavy (non-hydrogen) atoms. The second kappa shape index (κ2) is 53.5. The van der Waals surface area contributed by atoms with E-state index >= 15 is 0 Å². The predicted octanol–water partition coefficient (Wildman–Crippen LogP) is 14.9. The van der Waals surface area contributed by atoms with Crippen LogP contribution >= 0.6 is 0 Å². The highest BCUT2D eigenvalue weighted by Gasteiger charge is 2.47. The summed E-state index contributed by atoms with van der Waals surface area (Å²) in [4.78, 5) is 26.5. The zero-order valence-electron chi connectivity index (χ0n) is 49.1. The van der Waals surface area contributed by atoms with Crippen molar-refractivity contribution in [2.24, 2.45) is 0 Å². The number of hydrogen-bond donors (Lipinski definition) is 6. The van der Waals surface area contributed by atoms with Crippen LogP contribution in [0.25, 0.3) is 0 Å². The Morgan fingerprint density at radius 3 is 1.53 bits per heavy atom. The van der Waals surface area contributed by atoms with E-state index in [9.17, 15) is 35.1 Å². The quantitative estimate of drug-likeness (QED) is 0.0149. The zero-order chi connectivity index (χ0) is 56.1. The largest absolute Gasteiger partial charge is 0.454 e. The number of amides is 1. The highest BCUT2D eigenvalue weighted by molar-refractivity contribution is 5.80. The first-order chi connectivity index (χ1) is 37.7. The minimum absolute atomic E-state index is 0.107. The van der Waals surface area contributed by atoms with E-state index in [1.165, 1.54) is 103 Å². The number of nitrogens with one attached hydrogen (secondary N) is 1. The smallest absolute Gasteiger partial charge is 0.306 e. The van der Waals surface area contributed by atoms with E-state index in [-0.39, 0.29) is 19.4 Å². The average molecular weight is 1080 g/mol. The number of unbranched alkanes of at least 4 members (excludes halogenated alkanes) is 28. The third kappa shape index (κ3) is 41.5. The van der Waals surface area contributed by atoms with Gasteiger partial charge in [0, 0.05) is 6.42 Å². The van der Waals surface area contributed by atoms with Gasteiger partial charge in [0.2, 0.25) is 5.91 Å². The first-order valence-electron chi connectivity index (χ1n) is 31.4. The molecule has 0 aromatic carbocycles. The summed E-state index contributed by atoms with van der Waals surface area (Å²) in [6, 6.07) is -1.03. The van der Waals surface area contributed by atoms with Crippen LogP contribution in [-0.4, -0.2) is 99.6 Å². The molecule has 1 aliphatic rings. The molecule has 0 spiro atoms. The second-order valence-electron chi connectivity index (χ2n) is 21.5. The number of aliphatic hydroxyl groups excluding tert-OH is 5. The lowest BCUT2D eigenvalue weighted by molar-refractivity contribution is -0.305. The minimum atomic E-state index is -1.62. The van der Waals surface area contributed by atoms with Crippen molar-refractivity contribution >= 4 is 11.9 Å². The van der Waals surface area contributed by atoms with Gasteiger partial charge in [-0.1, -0.05) is 254 Å². The number of esters is 1. The minimum Gasteiger partial charge on any atom is -0.454 e. The van der Waals surface area contributed by atoms with Gasteiger partial charge in [-0.25, -0.2) is 0 Å². The Morgan fingerprint density at radius 1 is 0.532 bits per heavy atom. The first-order valence-corrected chi connectivity index (χ1v) is 31.4. The van der Waals surface area contributed by atoms with Gasteiger partial charge >= 0.3 is 5.97 Å². The van der Waals surface area contributed by atoms with Crippen LogP contribution in [-0.2, 0) is 23.8 Å². The SMILES string of the molecule is CC/C=C/C=C/C=C/CCCCCCCCCC(=O)OC1C(OCC(NC(=O)C(O)CCCCCCCCCCC/C=C\C/C=C\C/C=C\CCCCC)C(O)/C=C/CCCCCCCCCCC)OC(CO)C(O)C1O. The van der Waals surface area contributed by atoms with Crippen molar-refractivity contribution in [3.63, 3.8) is 0 Å². The molecule has 1 saturated heterocycles. The molecule has 0 aliphatic carbocycles. The molecule has 11 heteroatoms. The molecule has 0 radical (unpaired) electrons. The lowest BCUT2D eigenvalue weighted by Gasteiger charge is -2.41. The van der Waals surface area contributed by atoms with Gasteiger partial charge in [0.25, 0.3) is 0 Å². The Bertz CT molecular complexity index is 1570. The fraction of sp³-hybridized carbons (Fsp3) is 0.758. The molecule has 11 nitrogen and oxygen atoms in total. The van der Waals surface area contributed by atoms with Gasteiger partial charge in [0.1, 0.15) is 24.4 Å². The van der Waals surface area contributed by atoms with E-state index in [0.29, 0.717) is 12.8 Å². The van der Waals surface area contributed by atoms with Crippen molar-refractivity contribution in [3.05, 3.63) is 85.1 Å². The summed E-state index contributed by atoms with van der Waals surface area (Å²) in [6.07, 6.45) is 59.1. The maximum atomic E-state index is 13.4. The lowest BCUT2D eigenvalue weighted by atomic mass is 9.99. The molecule has 0 aromatic rings. The van der Waals surface area contributed by atoms with E-state index in [2.05, 4.69) is 92.9 Å². The highest BCUT2D eigenvalue weighted by Crippen LogP contribution is 2.26. The van der Waals surface area contributed by atoms with Crippen molar-refractivity contribution in [1.29, 1.82) is 0 Å². The van der Waals surface area contributed by atoms with Crippen molar-refractivity contribution in [2.75, 3.05) is 13.2 Å². The number of ether oxygens (including phenoxy) is 3. The van der Waals surface area contributed by atoms with Crippen molar-refractivity contribution in [3.8, 4) is 0 Å². The third-order valence-electron chi connectivity index (χ3n) is 14.3. The van der Waals surface area contributed by atoms with Crippen LogP contribution in [0, 0.1) is 0 Å². The summed E-state index contributed by atoms with van der Waals surface area (Å²) in [5.41, 5.74) is 0. The number of allylic oxidation sites excluding steroid dienone is 13. The van der Waals surface area contributed by atoms with E-state index in [1.54, 1.807) is 6.08 Å². The fourth-order valence-electron chi connectivity index (χ4n) is 9.36. The number of rotatable bonds is 52. The van der Waals surface area contributed by atoms with Crippen LogP contribution in [0.4, 0.5) is 0 Å². The van der Waals surface area contributed by atoms with E-state index in [0.717, 1.165) is 109 Å². The normalized spacial score (nSPS) is 19.6. The van der Waals surface area contributed by atoms with Crippen molar-refractivity contribution < 1.29 is 49.3 Å². The Hall–Kier alpha value is -3.16. The maximum Gasteiger partial charge on any atom is 0.306 e. The summed E-state index contributed by atoms with van der Waals surface area (Å²) in [6.45, 7) is 5.61. The molecular formula is C66H115NO10. The molecule has 1 amide bonds. The molecule has 8 unspecified atom stereocenters. The predicted molar refractivity (Wildman–Crippen MR) is 319 cm³/mol. The number of carbonyl (C=O) groups is 2. The average Bonchev–Trinajstić information content (AvgIpc) is 3.43. The zero-order valence-corrected chi connectivity index (χ0v) is 49.1. The molecule has 6 N–H and O–H groups in total.